The molecular formula is C14H19ClO3. The molecule has 0 saturated carbocycles. The maximum Gasteiger partial charge on any atom is 0.161 e. The summed E-state index contributed by atoms with van der Waals surface area (Å²) in [5.41, 5.74) is 1.03. The van der Waals surface area contributed by atoms with Gasteiger partial charge in [-0.05, 0) is 37.5 Å². The fraction of sp³-hybridized carbons (Fsp3) is 0.571. The predicted octanol–water partition coefficient (Wildman–Crippen LogP) is 3.38. The highest BCUT2D eigenvalue weighted by atomic mass is 35.5. The first-order valence-electron chi connectivity index (χ1n) is 6.39. The summed E-state index contributed by atoms with van der Waals surface area (Å²) in [4.78, 5) is 0. The van der Waals surface area contributed by atoms with Crippen LogP contribution in [-0.4, -0.2) is 25.9 Å². The summed E-state index contributed by atoms with van der Waals surface area (Å²) < 4.78 is 16.9. The molecule has 1 aromatic rings. The Kier molecular flexibility index (Phi) is 5.14. The molecule has 0 bridgehead atoms. The minimum atomic E-state index is 0.215. The van der Waals surface area contributed by atoms with Gasteiger partial charge in [0.25, 0.3) is 0 Å². The molecule has 1 atom stereocenters. The van der Waals surface area contributed by atoms with Gasteiger partial charge in [0.2, 0.25) is 0 Å². The normalized spacial score (nSPS) is 18.9. The van der Waals surface area contributed by atoms with Gasteiger partial charge in [-0.25, -0.2) is 0 Å². The number of ether oxygens (including phenoxy) is 3. The van der Waals surface area contributed by atoms with Crippen molar-refractivity contribution < 1.29 is 14.2 Å². The van der Waals surface area contributed by atoms with Crippen LogP contribution in [0.4, 0.5) is 0 Å². The zero-order valence-electron chi connectivity index (χ0n) is 10.7. The molecule has 1 heterocycles. The molecule has 18 heavy (non-hydrogen) atoms. The molecular weight excluding hydrogens is 252 g/mol. The van der Waals surface area contributed by atoms with E-state index in [1.807, 2.05) is 25.1 Å². The average molecular weight is 271 g/mol. The molecule has 1 saturated heterocycles. The Bertz CT molecular complexity index is 375. The molecule has 1 aromatic carbocycles. The van der Waals surface area contributed by atoms with Gasteiger partial charge in [0, 0.05) is 12.5 Å². The topological polar surface area (TPSA) is 27.7 Å². The zero-order valence-corrected chi connectivity index (χ0v) is 11.4. The van der Waals surface area contributed by atoms with Gasteiger partial charge in [0.1, 0.15) is 6.61 Å². The number of benzene rings is 1. The lowest BCUT2D eigenvalue weighted by atomic mass is 10.2. The van der Waals surface area contributed by atoms with Crippen molar-refractivity contribution in [2.24, 2.45) is 0 Å². The Balaban J connectivity index is 2.00. The van der Waals surface area contributed by atoms with Crippen molar-refractivity contribution in [3.8, 4) is 11.5 Å². The first kappa shape index (κ1) is 13.5. The van der Waals surface area contributed by atoms with Crippen molar-refractivity contribution in [1.29, 1.82) is 0 Å². The van der Waals surface area contributed by atoms with E-state index in [0.29, 0.717) is 19.1 Å². The largest absolute Gasteiger partial charge is 0.490 e. The number of rotatable bonds is 6. The predicted molar refractivity (Wildman–Crippen MR) is 71.6 cm³/mol. The molecule has 0 amide bonds. The highest BCUT2D eigenvalue weighted by Crippen LogP contribution is 2.29. The van der Waals surface area contributed by atoms with E-state index in [9.17, 15) is 0 Å². The van der Waals surface area contributed by atoms with Crippen LogP contribution in [0.1, 0.15) is 25.3 Å². The lowest BCUT2D eigenvalue weighted by Crippen LogP contribution is -2.16. The van der Waals surface area contributed by atoms with Gasteiger partial charge >= 0.3 is 0 Å². The molecule has 0 N–H and O–H groups in total. The third kappa shape index (κ3) is 3.53. The van der Waals surface area contributed by atoms with E-state index in [4.69, 9.17) is 25.8 Å². The van der Waals surface area contributed by atoms with Gasteiger partial charge in [-0.1, -0.05) is 6.07 Å². The van der Waals surface area contributed by atoms with Crippen molar-refractivity contribution >= 4 is 11.6 Å². The molecule has 1 unspecified atom stereocenters. The molecule has 100 valence electrons. The summed E-state index contributed by atoms with van der Waals surface area (Å²) in [6.45, 7) is 4.00. The standard InChI is InChI=1S/C14H19ClO3/c1-2-16-14-8-11(9-15)5-6-13(14)18-10-12-4-3-7-17-12/h5-6,8,12H,2-4,7,9-10H2,1H3. The van der Waals surface area contributed by atoms with E-state index in [-0.39, 0.29) is 6.10 Å². The Morgan fingerprint density at radius 1 is 1.33 bits per heavy atom. The summed E-state index contributed by atoms with van der Waals surface area (Å²) in [6.07, 6.45) is 2.41. The SMILES string of the molecule is CCOc1cc(CCl)ccc1OCC1CCCO1. The highest BCUT2D eigenvalue weighted by Gasteiger charge is 2.17. The van der Waals surface area contributed by atoms with Gasteiger partial charge in [-0.15, -0.1) is 11.6 Å². The van der Waals surface area contributed by atoms with Crippen LogP contribution < -0.4 is 9.47 Å². The van der Waals surface area contributed by atoms with Crippen molar-refractivity contribution in [2.75, 3.05) is 19.8 Å². The minimum Gasteiger partial charge on any atom is -0.490 e. The zero-order chi connectivity index (χ0) is 12.8. The minimum absolute atomic E-state index is 0.215. The Labute approximate surface area is 113 Å². The van der Waals surface area contributed by atoms with Gasteiger partial charge < -0.3 is 14.2 Å². The van der Waals surface area contributed by atoms with Crippen LogP contribution in [0, 0.1) is 0 Å². The van der Waals surface area contributed by atoms with Crippen molar-refractivity contribution in [2.45, 2.75) is 31.7 Å². The lowest BCUT2D eigenvalue weighted by molar-refractivity contribution is 0.0667. The molecule has 0 radical (unpaired) electrons. The molecule has 0 aliphatic carbocycles. The Hall–Kier alpha value is -0.930. The number of alkyl halides is 1. The first-order chi connectivity index (χ1) is 8.83. The van der Waals surface area contributed by atoms with Crippen molar-refractivity contribution in [3.63, 3.8) is 0 Å². The van der Waals surface area contributed by atoms with Crippen LogP contribution in [0.3, 0.4) is 0 Å². The molecule has 2 rings (SSSR count). The average Bonchev–Trinajstić information content (AvgIpc) is 2.90. The smallest absolute Gasteiger partial charge is 0.161 e. The van der Waals surface area contributed by atoms with E-state index in [0.717, 1.165) is 36.5 Å². The monoisotopic (exact) mass is 270 g/mol. The summed E-state index contributed by atoms with van der Waals surface area (Å²) in [5.74, 6) is 2.00. The van der Waals surface area contributed by atoms with E-state index >= 15 is 0 Å². The van der Waals surface area contributed by atoms with Crippen molar-refractivity contribution in [3.05, 3.63) is 23.8 Å². The lowest BCUT2D eigenvalue weighted by Gasteiger charge is -2.15. The fourth-order valence-electron chi connectivity index (χ4n) is 1.98. The van der Waals surface area contributed by atoms with Crippen LogP contribution in [0.5, 0.6) is 11.5 Å². The molecule has 0 spiro atoms. The van der Waals surface area contributed by atoms with Crippen LogP contribution in [0.25, 0.3) is 0 Å². The Morgan fingerprint density at radius 3 is 2.89 bits per heavy atom. The quantitative estimate of drug-likeness (QED) is 0.742. The third-order valence-electron chi connectivity index (χ3n) is 2.91. The van der Waals surface area contributed by atoms with Gasteiger partial charge in [-0.3, -0.25) is 0 Å². The molecule has 1 fully saturated rings. The number of halogens is 1. The summed E-state index contributed by atoms with van der Waals surface area (Å²) in [5, 5.41) is 0. The second-order valence-corrected chi connectivity index (χ2v) is 4.56. The maximum absolute atomic E-state index is 5.82. The number of hydrogen-bond donors (Lipinski definition) is 0. The van der Waals surface area contributed by atoms with Crippen molar-refractivity contribution in [1.82, 2.24) is 0 Å². The van der Waals surface area contributed by atoms with E-state index in [2.05, 4.69) is 0 Å². The number of hydrogen-bond acceptors (Lipinski definition) is 3. The second-order valence-electron chi connectivity index (χ2n) is 4.29. The fourth-order valence-corrected chi connectivity index (χ4v) is 2.15. The molecule has 1 aliphatic rings. The first-order valence-corrected chi connectivity index (χ1v) is 6.93. The highest BCUT2D eigenvalue weighted by molar-refractivity contribution is 6.17. The van der Waals surface area contributed by atoms with Crippen LogP contribution in [0.2, 0.25) is 0 Å². The summed E-state index contributed by atoms with van der Waals surface area (Å²) in [6, 6.07) is 5.80. The summed E-state index contributed by atoms with van der Waals surface area (Å²) in [7, 11) is 0. The van der Waals surface area contributed by atoms with Crippen LogP contribution in [0.15, 0.2) is 18.2 Å². The Morgan fingerprint density at radius 2 is 2.22 bits per heavy atom. The molecule has 4 heteroatoms. The summed E-state index contributed by atoms with van der Waals surface area (Å²) >= 11 is 5.82. The van der Waals surface area contributed by atoms with Gasteiger partial charge in [0.15, 0.2) is 11.5 Å². The maximum atomic E-state index is 5.82. The van der Waals surface area contributed by atoms with Crippen LogP contribution >= 0.6 is 11.6 Å². The molecule has 0 aromatic heterocycles. The van der Waals surface area contributed by atoms with E-state index < -0.39 is 0 Å². The molecule has 3 nitrogen and oxygen atoms in total. The van der Waals surface area contributed by atoms with E-state index in [1.54, 1.807) is 0 Å². The van der Waals surface area contributed by atoms with Gasteiger partial charge in [-0.2, -0.15) is 0 Å². The second kappa shape index (κ2) is 6.86. The van der Waals surface area contributed by atoms with Gasteiger partial charge in [0.05, 0.1) is 12.7 Å². The third-order valence-corrected chi connectivity index (χ3v) is 3.22. The van der Waals surface area contributed by atoms with E-state index in [1.165, 1.54) is 0 Å². The molecule has 1 aliphatic heterocycles. The van der Waals surface area contributed by atoms with Crippen LogP contribution in [-0.2, 0) is 10.6 Å².